The van der Waals surface area contributed by atoms with Crippen LogP contribution in [-0.4, -0.2) is 23.5 Å². The van der Waals surface area contributed by atoms with Gasteiger partial charge in [-0.2, -0.15) is 0 Å². The van der Waals surface area contributed by atoms with E-state index >= 15 is 0 Å². The van der Waals surface area contributed by atoms with Crippen molar-refractivity contribution in [3.8, 4) is 0 Å². The Morgan fingerprint density at radius 3 is 2.08 bits per heavy atom. The molecule has 0 fully saturated rings. The molecule has 72 valence electrons. The Kier molecular flexibility index (Phi) is 4.11. The molecule has 0 bridgehead atoms. The standard InChI is InChI=1S/C9H15NO2Si/c1-11-13(12-2)9-5-3-8(7-10)4-6-9/h3-6,13H,7,10H2,1-2H3. The monoisotopic (exact) mass is 197 g/mol. The first-order valence-electron chi connectivity index (χ1n) is 4.16. The van der Waals surface area contributed by atoms with Crippen molar-refractivity contribution in [2.24, 2.45) is 5.73 Å². The first-order chi connectivity index (χ1) is 6.31. The highest BCUT2D eigenvalue weighted by molar-refractivity contribution is 6.61. The number of hydrogen-bond donors (Lipinski definition) is 1. The molecule has 0 spiro atoms. The molecule has 1 aromatic carbocycles. The van der Waals surface area contributed by atoms with E-state index in [1.807, 2.05) is 24.3 Å². The molecule has 0 atom stereocenters. The summed E-state index contributed by atoms with van der Waals surface area (Å²) in [5.41, 5.74) is 6.62. The second-order valence-corrected chi connectivity index (χ2v) is 5.02. The van der Waals surface area contributed by atoms with Gasteiger partial charge in [0, 0.05) is 20.8 Å². The largest absolute Gasteiger partial charge is 0.397 e. The minimum absolute atomic E-state index is 0.576. The van der Waals surface area contributed by atoms with Crippen LogP contribution in [0, 0.1) is 0 Å². The second kappa shape index (κ2) is 5.13. The van der Waals surface area contributed by atoms with Crippen molar-refractivity contribution < 1.29 is 8.85 Å². The maximum absolute atomic E-state index is 5.49. The Morgan fingerprint density at radius 2 is 1.69 bits per heavy atom. The number of benzene rings is 1. The summed E-state index contributed by atoms with van der Waals surface area (Å²) in [5, 5.41) is 1.14. The van der Waals surface area contributed by atoms with E-state index < -0.39 is 9.28 Å². The van der Waals surface area contributed by atoms with Gasteiger partial charge in [-0.25, -0.2) is 0 Å². The molecular formula is C9H15NO2Si. The van der Waals surface area contributed by atoms with Gasteiger partial charge in [0.2, 0.25) is 0 Å². The zero-order chi connectivity index (χ0) is 9.68. The summed E-state index contributed by atoms with van der Waals surface area (Å²) < 4.78 is 10.5. The number of hydrogen-bond acceptors (Lipinski definition) is 3. The van der Waals surface area contributed by atoms with Gasteiger partial charge in [-0.3, -0.25) is 0 Å². The highest BCUT2D eigenvalue weighted by Crippen LogP contribution is 1.96. The van der Waals surface area contributed by atoms with Crippen LogP contribution in [-0.2, 0) is 15.4 Å². The van der Waals surface area contributed by atoms with Gasteiger partial charge in [0.05, 0.1) is 0 Å². The lowest BCUT2D eigenvalue weighted by atomic mass is 10.2. The summed E-state index contributed by atoms with van der Waals surface area (Å²) in [6.45, 7) is 0.576. The predicted octanol–water partition coefficient (Wildman–Crippen LogP) is -0.134. The molecule has 3 nitrogen and oxygen atoms in total. The third-order valence-corrected chi connectivity index (χ3v) is 3.70. The Hall–Kier alpha value is -0.683. The van der Waals surface area contributed by atoms with Crippen molar-refractivity contribution >= 4 is 14.5 Å². The average Bonchev–Trinajstić information content (AvgIpc) is 2.21. The average molecular weight is 197 g/mol. The summed E-state index contributed by atoms with van der Waals surface area (Å²) in [6.07, 6.45) is 0. The molecule has 1 rings (SSSR count). The molecule has 0 aliphatic carbocycles. The Morgan fingerprint density at radius 1 is 1.15 bits per heavy atom. The third-order valence-electron chi connectivity index (χ3n) is 1.92. The van der Waals surface area contributed by atoms with Crippen LogP contribution in [0.1, 0.15) is 5.56 Å². The molecule has 2 N–H and O–H groups in total. The van der Waals surface area contributed by atoms with Crippen molar-refractivity contribution in [3.05, 3.63) is 29.8 Å². The van der Waals surface area contributed by atoms with Crippen molar-refractivity contribution in [3.63, 3.8) is 0 Å². The zero-order valence-corrected chi connectivity index (χ0v) is 9.14. The SMILES string of the molecule is CO[SiH](OC)c1ccc(CN)cc1. The molecule has 4 heteroatoms. The van der Waals surface area contributed by atoms with Crippen LogP contribution in [0.2, 0.25) is 0 Å². The molecule has 0 unspecified atom stereocenters. The number of nitrogens with two attached hydrogens (primary N) is 1. The van der Waals surface area contributed by atoms with Gasteiger partial charge >= 0.3 is 9.28 Å². The Bertz CT molecular complexity index is 246. The third kappa shape index (κ3) is 2.63. The van der Waals surface area contributed by atoms with Crippen LogP contribution >= 0.6 is 0 Å². The van der Waals surface area contributed by atoms with Crippen LogP contribution < -0.4 is 10.9 Å². The summed E-state index contributed by atoms with van der Waals surface area (Å²) in [4.78, 5) is 0. The van der Waals surface area contributed by atoms with Gasteiger partial charge in [0.1, 0.15) is 0 Å². The van der Waals surface area contributed by atoms with Crippen LogP contribution in [0.15, 0.2) is 24.3 Å². The predicted molar refractivity (Wildman–Crippen MR) is 55.1 cm³/mol. The molecule has 0 saturated heterocycles. The lowest BCUT2D eigenvalue weighted by Crippen LogP contribution is -2.34. The number of rotatable bonds is 4. The molecular weight excluding hydrogens is 182 g/mol. The van der Waals surface area contributed by atoms with E-state index in [9.17, 15) is 0 Å². The van der Waals surface area contributed by atoms with Gasteiger partial charge in [-0.1, -0.05) is 24.3 Å². The first kappa shape index (κ1) is 10.4. The lowest BCUT2D eigenvalue weighted by Gasteiger charge is -2.11. The van der Waals surface area contributed by atoms with Gasteiger partial charge in [-0.05, 0) is 10.8 Å². The van der Waals surface area contributed by atoms with E-state index in [0.717, 1.165) is 10.8 Å². The lowest BCUT2D eigenvalue weighted by molar-refractivity contribution is 0.292. The van der Waals surface area contributed by atoms with E-state index in [4.69, 9.17) is 14.6 Å². The normalized spacial score (nSPS) is 10.8. The maximum Gasteiger partial charge on any atom is 0.355 e. The summed E-state index contributed by atoms with van der Waals surface area (Å²) in [7, 11) is 1.73. The molecule has 0 aliphatic heterocycles. The fourth-order valence-corrected chi connectivity index (χ4v) is 2.42. The van der Waals surface area contributed by atoms with Crippen molar-refractivity contribution in [1.29, 1.82) is 0 Å². The van der Waals surface area contributed by atoms with E-state index in [2.05, 4.69) is 0 Å². The summed E-state index contributed by atoms with van der Waals surface area (Å²) >= 11 is 0. The van der Waals surface area contributed by atoms with E-state index in [1.165, 1.54) is 0 Å². The van der Waals surface area contributed by atoms with E-state index in [-0.39, 0.29) is 0 Å². The van der Waals surface area contributed by atoms with Gasteiger partial charge in [0.15, 0.2) is 0 Å². The van der Waals surface area contributed by atoms with Crippen molar-refractivity contribution in [1.82, 2.24) is 0 Å². The molecule has 0 aliphatic rings. The minimum atomic E-state index is -1.62. The fraction of sp³-hybridized carbons (Fsp3) is 0.333. The molecule has 0 aromatic heterocycles. The summed E-state index contributed by atoms with van der Waals surface area (Å²) in [5.74, 6) is 0. The molecule has 0 amide bonds. The second-order valence-electron chi connectivity index (χ2n) is 2.75. The van der Waals surface area contributed by atoms with E-state index in [1.54, 1.807) is 14.2 Å². The van der Waals surface area contributed by atoms with E-state index in [0.29, 0.717) is 6.54 Å². The highest BCUT2D eigenvalue weighted by atomic mass is 28.3. The molecule has 1 aromatic rings. The molecule has 0 heterocycles. The highest BCUT2D eigenvalue weighted by Gasteiger charge is 2.11. The van der Waals surface area contributed by atoms with Gasteiger partial charge < -0.3 is 14.6 Å². The van der Waals surface area contributed by atoms with Crippen LogP contribution in [0.5, 0.6) is 0 Å². The minimum Gasteiger partial charge on any atom is -0.397 e. The topological polar surface area (TPSA) is 44.5 Å². The van der Waals surface area contributed by atoms with Gasteiger partial charge in [0.25, 0.3) is 0 Å². The Balaban J connectivity index is 2.78. The fourth-order valence-electron chi connectivity index (χ4n) is 1.18. The zero-order valence-electron chi connectivity index (χ0n) is 7.99. The molecule has 0 saturated carbocycles. The van der Waals surface area contributed by atoms with Crippen LogP contribution in [0.4, 0.5) is 0 Å². The van der Waals surface area contributed by atoms with Crippen molar-refractivity contribution in [2.75, 3.05) is 14.2 Å². The smallest absolute Gasteiger partial charge is 0.355 e. The van der Waals surface area contributed by atoms with Crippen LogP contribution in [0.3, 0.4) is 0 Å². The maximum atomic E-state index is 5.49. The Labute approximate surface area is 80.3 Å². The summed E-state index contributed by atoms with van der Waals surface area (Å²) in [6, 6.07) is 8.05. The quantitative estimate of drug-likeness (QED) is 0.684. The van der Waals surface area contributed by atoms with Crippen molar-refractivity contribution in [2.45, 2.75) is 6.54 Å². The molecule has 13 heavy (non-hydrogen) atoms. The first-order valence-corrected chi connectivity index (χ1v) is 5.68. The molecule has 0 radical (unpaired) electrons. The van der Waals surface area contributed by atoms with Gasteiger partial charge in [-0.15, -0.1) is 0 Å². The van der Waals surface area contributed by atoms with Crippen LogP contribution in [0.25, 0.3) is 0 Å².